The van der Waals surface area contributed by atoms with Crippen LogP contribution in [0.2, 0.25) is 5.02 Å². The Morgan fingerprint density at radius 1 is 1.33 bits per heavy atom. The predicted octanol–water partition coefficient (Wildman–Crippen LogP) is 4.44. The minimum absolute atomic E-state index is 0.134. The van der Waals surface area contributed by atoms with Gasteiger partial charge in [-0.05, 0) is 69.8 Å². The van der Waals surface area contributed by atoms with Crippen LogP contribution in [0.3, 0.4) is 0 Å². The lowest BCUT2D eigenvalue weighted by atomic mass is 9.99. The molecule has 0 aliphatic carbocycles. The van der Waals surface area contributed by atoms with Crippen LogP contribution in [0.15, 0.2) is 18.2 Å². The normalized spacial score (nSPS) is 13.7. The van der Waals surface area contributed by atoms with Gasteiger partial charge in [-0.2, -0.15) is 0 Å². The fourth-order valence-electron chi connectivity index (χ4n) is 1.72. The molecule has 0 saturated heterocycles. The third-order valence-electron chi connectivity index (χ3n) is 2.90. The molecule has 1 aromatic carbocycles. The summed E-state index contributed by atoms with van der Waals surface area (Å²) in [5.74, 6) is 0.359. The van der Waals surface area contributed by atoms with Gasteiger partial charge in [-0.25, -0.2) is 4.39 Å². The second-order valence-electron chi connectivity index (χ2n) is 6.01. The van der Waals surface area contributed by atoms with Gasteiger partial charge in [0.05, 0.1) is 0 Å². The largest absolute Gasteiger partial charge is 0.312 e. The lowest BCUT2D eigenvalue weighted by molar-refractivity contribution is 0.372. The van der Waals surface area contributed by atoms with Crippen LogP contribution < -0.4 is 5.32 Å². The van der Waals surface area contributed by atoms with Gasteiger partial charge in [-0.3, -0.25) is 0 Å². The Labute approximate surface area is 115 Å². The number of benzene rings is 1. The molecule has 0 aliphatic rings. The van der Waals surface area contributed by atoms with E-state index in [9.17, 15) is 4.39 Å². The number of hydrogen-bond acceptors (Lipinski definition) is 1. The van der Waals surface area contributed by atoms with Crippen LogP contribution in [0.5, 0.6) is 0 Å². The summed E-state index contributed by atoms with van der Waals surface area (Å²) >= 11 is 5.87. The van der Waals surface area contributed by atoms with Gasteiger partial charge in [0.1, 0.15) is 5.82 Å². The van der Waals surface area contributed by atoms with E-state index in [-0.39, 0.29) is 11.4 Å². The predicted molar refractivity (Wildman–Crippen MR) is 76.7 cm³/mol. The molecule has 0 heterocycles. The van der Waals surface area contributed by atoms with Crippen molar-refractivity contribution in [1.82, 2.24) is 5.32 Å². The third-order valence-corrected chi connectivity index (χ3v) is 3.13. The number of aryl methyl sites for hydroxylation is 1. The van der Waals surface area contributed by atoms with Crippen molar-refractivity contribution in [2.45, 2.75) is 46.1 Å². The molecule has 1 atom stereocenters. The second kappa shape index (κ2) is 6.53. The minimum Gasteiger partial charge on any atom is -0.312 e. The molecule has 0 spiro atoms. The number of hydrogen-bond donors (Lipinski definition) is 1. The van der Waals surface area contributed by atoms with E-state index in [1.165, 1.54) is 6.07 Å². The quantitative estimate of drug-likeness (QED) is 0.835. The first kappa shape index (κ1) is 15.5. The van der Waals surface area contributed by atoms with Crippen molar-refractivity contribution in [3.8, 4) is 0 Å². The zero-order valence-electron chi connectivity index (χ0n) is 11.7. The first-order valence-electron chi connectivity index (χ1n) is 6.47. The van der Waals surface area contributed by atoms with Crippen molar-refractivity contribution < 1.29 is 4.39 Å². The van der Waals surface area contributed by atoms with Gasteiger partial charge in [0.25, 0.3) is 0 Å². The highest BCUT2D eigenvalue weighted by molar-refractivity contribution is 6.30. The zero-order chi connectivity index (χ0) is 13.8. The molecule has 1 N–H and O–H groups in total. The molecule has 0 radical (unpaired) electrons. The topological polar surface area (TPSA) is 12.0 Å². The van der Waals surface area contributed by atoms with Crippen LogP contribution in [-0.2, 0) is 6.42 Å². The van der Waals surface area contributed by atoms with Crippen LogP contribution >= 0.6 is 11.6 Å². The molecule has 1 rings (SSSR count). The second-order valence-corrected chi connectivity index (χ2v) is 6.45. The summed E-state index contributed by atoms with van der Waals surface area (Å²) < 4.78 is 13.5. The van der Waals surface area contributed by atoms with Gasteiger partial charge in [-0.1, -0.05) is 18.5 Å². The molecule has 0 saturated carbocycles. The molecule has 1 nitrogen and oxygen atoms in total. The smallest absolute Gasteiger partial charge is 0.126 e. The molecule has 1 aromatic rings. The Hall–Kier alpha value is -0.600. The van der Waals surface area contributed by atoms with Crippen LogP contribution in [0.1, 0.15) is 39.7 Å². The van der Waals surface area contributed by atoms with E-state index in [0.29, 0.717) is 16.5 Å². The van der Waals surface area contributed by atoms with Gasteiger partial charge < -0.3 is 5.32 Å². The van der Waals surface area contributed by atoms with Gasteiger partial charge in [0.2, 0.25) is 0 Å². The zero-order valence-corrected chi connectivity index (χ0v) is 12.4. The van der Waals surface area contributed by atoms with E-state index in [0.717, 1.165) is 19.4 Å². The van der Waals surface area contributed by atoms with Crippen molar-refractivity contribution in [2.75, 3.05) is 6.54 Å². The lowest BCUT2D eigenvalue weighted by Gasteiger charge is -2.23. The number of nitrogens with one attached hydrogen (secondary N) is 1. The van der Waals surface area contributed by atoms with Crippen molar-refractivity contribution in [1.29, 1.82) is 0 Å². The monoisotopic (exact) mass is 271 g/mol. The van der Waals surface area contributed by atoms with E-state index >= 15 is 0 Å². The Kier molecular flexibility index (Phi) is 5.61. The van der Waals surface area contributed by atoms with Gasteiger partial charge in [0.15, 0.2) is 0 Å². The van der Waals surface area contributed by atoms with E-state index < -0.39 is 0 Å². The molecule has 18 heavy (non-hydrogen) atoms. The Morgan fingerprint density at radius 2 is 2.00 bits per heavy atom. The minimum atomic E-state index is -0.157. The molecule has 0 bridgehead atoms. The molecule has 0 aliphatic heterocycles. The average molecular weight is 272 g/mol. The van der Waals surface area contributed by atoms with E-state index in [4.69, 9.17) is 11.6 Å². The summed E-state index contributed by atoms with van der Waals surface area (Å²) in [7, 11) is 0. The van der Waals surface area contributed by atoms with E-state index in [1.807, 2.05) is 0 Å². The fourth-order valence-corrected chi connectivity index (χ4v) is 1.91. The summed E-state index contributed by atoms with van der Waals surface area (Å²) in [5, 5.41) is 4.07. The van der Waals surface area contributed by atoms with Crippen LogP contribution in [0, 0.1) is 11.7 Å². The first-order valence-corrected chi connectivity index (χ1v) is 6.84. The summed E-state index contributed by atoms with van der Waals surface area (Å²) in [6, 6.07) is 4.75. The van der Waals surface area contributed by atoms with Crippen LogP contribution in [0.4, 0.5) is 4.39 Å². The molecule has 102 valence electrons. The third kappa shape index (κ3) is 5.83. The van der Waals surface area contributed by atoms with Crippen LogP contribution in [0.25, 0.3) is 0 Å². The fraction of sp³-hybridized carbons (Fsp3) is 0.600. The van der Waals surface area contributed by atoms with E-state index in [1.54, 1.807) is 12.1 Å². The molecule has 0 fully saturated rings. The maximum atomic E-state index is 13.5. The van der Waals surface area contributed by atoms with Gasteiger partial charge in [0, 0.05) is 10.6 Å². The van der Waals surface area contributed by atoms with E-state index in [2.05, 4.69) is 33.0 Å². The van der Waals surface area contributed by atoms with Crippen LogP contribution in [-0.4, -0.2) is 12.1 Å². The van der Waals surface area contributed by atoms with Crippen molar-refractivity contribution in [3.05, 3.63) is 34.6 Å². The molecule has 0 aromatic heterocycles. The van der Waals surface area contributed by atoms with Crippen molar-refractivity contribution >= 4 is 11.6 Å². The lowest BCUT2D eigenvalue weighted by Crippen LogP contribution is -2.38. The number of halogens is 2. The Balaban J connectivity index is 2.42. The molecule has 0 amide bonds. The summed E-state index contributed by atoms with van der Waals surface area (Å²) in [5.41, 5.74) is 0.848. The SMILES string of the molecule is CC(CCc1cc(Cl)ccc1F)CNC(C)(C)C. The molecular weight excluding hydrogens is 249 g/mol. The molecule has 1 unspecified atom stereocenters. The maximum Gasteiger partial charge on any atom is 0.126 e. The van der Waals surface area contributed by atoms with Crippen molar-refractivity contribution in [3.63, 3.8) is 0 Å². The highest BCUT2D eigenvalue weighted by Gasteiger charge is 2.12. The first-order chi connectivity index (χ1) is 8.28. The molecule has 3 heteroatoms. The van der Waals surface area contributed by atoms with Gasteiger partial charge >= 0.3 is 0 Å². The highest BCUT2D eigenvalue weighted by atomic mass is 35.5. The standard InChI is InChI=1S/C15H23ClFN/c1-11(10-18-15(2,3)4)5-6-12-9-13(16)7-8-14(12)17/h7-9,11,18H,5-6,10H2,1-4H3. The molecular formula is C15H23ClFN. The summed E-state index contributed by atoms with van der Waals surface area (Å²) in [6.45, 7) is 9.58. The number of rotatable bonds is 5. The van der Waals surface area contributed by atoms with Crippen molar-refractivity contribution in [2.24, 2.45) is 5.92 Å². The maximum absolute atomic E-state index is 13.5. The summed E-state index contributed by atoms with van der Waals surface area (Å²) in [4.78, 5) is 0. The highest BCUT2D eigenvalue weighted by Crippen LogP contribution is 2.18. The van der Waals surface area contributed by atoms with Gasteiger partial charge in [-0.15, -0.1) is 0 Å². The Bertz CT molecular complexity index is 385. The summed E-state index contributed by atoms with van der Waals surface area (Å²) in [6.07, 6.45) is 1.69. The average Bonchev–Trinajstić information content (AvgIpc) is 2.26. The Morgan fingerprint density at radius 3 is 2.61 bits per heavy atom.